The molecule has 0 aromatic heterocycles. The second-order valence-electron chi connectivity index (χ2n) is 4.98. The maximum Gasteiger partial charge on any atom is 0.196 e. The molecule has 0 saturated heterocycles. The van der Waals surface area contributed by atoms with Gasteiger partial charge in [-0.05, 0) is 24.5 Å². The van der Waals surface area contributed by atoms with Gasteiger partial charge in [-0.15, -0.1) is 13.2 Å². The van der Waals surface area contributed by atoms with Crippen molar-refractivity contribution in [1.29, 1.82) is 0 Å². The first-order valence-corrected chi connectivity index (χ1v) is 6.97. The number of rotatable bonds is 6. The molecule has 2 N–H and O–H groups in total. The molecule has 3 nitrogen and oxygen atoms in total. The molecular weight excluding hydrogens is 276 g/mol. The third kappa shape index (κ3) is 3.09. The van der Waals surface area contributed by atoms with Gasteiger partial charge in [-0.1, -0.05) is 42.5 Å². The molecule has 0 spiro atoms. The van der Waals surface area contributed by atoms with Gasteiger partial charge in [-0.2, -0.15) is 0 Å². The monoisotopic (exact) mass is 294 g/mol. The Hall–Kier alpha value is -2.81. The Morgan fingerprint density at radius 3 is 2.14 bits per heavy atom. The summed E-state index contributed by atoms with van der Waals surface area (Å²) in [5.74, 6) is -0.989. The second-order valence-corrected chi connectivity index (χ2v) is 4.98. The summed E-state index contributed by atoms with van der Waals surface area (Å²) in [6.45, 7) is 7.26. The molecule has 0 atom stereocenters. The molecule has 2 rings (SSSR count). The third-order valence-corrected chi connectivity index (χ3v) is 3.44. The number of carbonyl (C=O) groups is 1. The van der Waals surface area contributed by atoms with E-state index in [2.05, 4.69) is 13.2 Å². The van der Waals surface area contributed by atoms with Gasteiger partial charge in [-0.25, -0.2) is 0 Å². The molecule has 2 aromatic carbocycles. The van der Waals surface area contributed by atoms with Crippen LogP contribution in [0.2, 0.25) is 0 Å². The molecule has 0 radical (unpaired) electrons. The van der Waals surface area contributed by atoms with Crippen LogP contribution in [0.5, 0.6) is 11.5 Å². The van der Waals surface area contributed by atoms with Crippen molar-refractivity contribution < 1.29 is 15.0 Å². The molecule has 0 aliphatic carbocycles. The maximum atomic E-state index is 12.4. The van der Waals surface area contributed by atoms with Crippen LogP contribution in [0.15, 0.2) is 61.7 Å². The fourth-order valence-corrected chi connectivity index (χ4v) is 2.24. The average molecular weight is 294 g/mol. The molecule has 112 valence electrons. The van der Waals surface area contributed by atoms with E-state index in [1.165, 1.54) is 6.07 Å². The number of benzene rings is 2. The first kappa shape index (κ1) is 15.6. The van der Waals surface area contributed by atoms with Gasteiger partial charge in [0.05, 0.1) is 5.56 Å². The lowest BCUT2D eigenvalue weighted by Crippen LogP contribution is -2.02. The first-order valence-electron chi connectivity index (χ1n) is 6.97. The predicted octanol–water partition coefficient (Wildman–Crippen LogP) is 3.79. The minimum atomic E-state index is -0.389. The highest BCUT2D eigenvalue weighted by atomic mass is 16.3. The Morgan fingerprint density at radius 2 is 1.55 bits per heavy atom. The zero-order valence-electron chi connectivity index (χ0n) is 12.2. The summed E-state index contributed by atoms with van der Waals surface area (Å²) in [6.07, 6.45) is 4.56. The topological polar surface area (TPSA) is 57.5 Å². The van der Waals surface area contributed by atoms with Crippen LogP contribution < -0.4 is 0 Å². The van der Waals surface area contributed by atoms with Gasteiger partial charge in [0.25, 0.3) is 0 Å². The van der Waals surface area contributed by atoms with E-state index in [1.54, 1.807) is 30.4 Å². The normalized spacial score (nSPS) is 10.2. The quantitative estimate of drug-likeness (QED) is 0.484. The van der Waals surface area contributed by atoms with Gasteiger partial charge in [0.2, 0.25) is 0 Å². The van der Waals surface area contributed by atoms with Crippen molar-refractivity contribution in [2.45, 2.75) is 12.8 Å². The molecule has 0 amide bonds. The zero-order valence-corrected chi connectivity index (χ0v) is 12.2. The Bertz CT molecular complexity index is 712. The van der Waals surface area contributed by atoms with Crippen LogP contribution in [0.1, 0.15) is 27.0 Å². The number of allylic oxidation sites excluding steroid dienone is 2. The summed E-state index contributed by atoms with van der Waals surface area (Å²) in [4.78, 5) is 12.4. The van der Waals surface area contributed by atoms with Crippen LogP contribution in [-0.2, 0) is 12.8 Å². The number of phenolic OH excluding ortho intramolecular Hbond substituents is 2. The highest BCUT2D eigenvalue weighted by Crippen LogP contribution is 2.34. The zero-order chi connectivity index (χ0) is 16.1. The highest BCUT2D eigenvalue weighted by Gasteiger charge is 2.18. The van der Waals surface area contributed by atoms with Gasteiger partial charge in [-0.3, -0.25) is 4.79 Å². The lowest BCUT2D eigenvalue weighted by atomic mass is 9.98. The van der Waals surface area contributed by atoms with E-state index in [9.17, 15) is 15.0 Å². The largest absolute Gasteiger partial charge is 0.504 e. The summed E-state index contributed by atoms with van der Waals surface area (Å²) in [6, 6.07) is 10.2. The summed E-state index contributed by atoms with van der Waals surface area (Å²) in [5, 5.41) is 20.0. The molecule has 22 heavy (non-hydrogen) atoms. The van der Waals surface area contributed by atoms with E-state index in [-0.39, 0.29) is 22.8 Å². The van der Waals surface area contributed by atoms with Crippen molar-refractivity contribution in [3.05, 3.63) is 84.0 Å². The molecular formula is C19H18O3. The molecule has 0 aliphatic heterocycles. The van der Waals surface area contributed by atoms with E-state index in [0.717, 1.165) is 12.0 Å². The van der Waals surface area contributed by atoms with Crippen molar-refractivity contribution in [3.63, 3.8) is 0 Å². The minimum Gasteiger partial charge on any atom is -0.504 e. The summed E-state index contributed by atoms with van der Waals surface area (Å²) >= 11 is 0. The summed E-state index contributed by atoms with van der Waals surface area (Å²) in [7, 11) is 0. The first-order chi connectivity index (χ1) is 10.6. The maximum absolute atomic E-state index is 12.4. The van der Waals surface area contributed by atoms with Gasteiger partial charge < -0.3 is 10.2 Å². The number of hydrogen-bond donors (Lipinski definition) is 2. The number of phenols is 2. The molecule has 2 aromatic rings. The van der Waals surface area contributed by atoms with E-state index in [4.69, 9.17) is 0 Å². The molecule has 0 saturated carbocycles. The molecule has 0 aliphatic rings. The van der Waals surface area contributed by atoms with Gasteiger partial charge >= 0.3 is 0 Å². The highest BCUT2D eigenvalue weighted by molar-refractivity contribution is 6.11. The molecule has 0 unspecified atom stereocenters. The van der Waals surface area contributed by atoms with Crippen molar-refractivity contribution in [2.75, 3.05) is 0 Å². The average Bonchev–Trinajstić information content (AvgIpc) is 2.53. The fourth-order valence-electron chi connectivity index (χ4n) is 2.24. The summed E-state index contributed by atoms with van der Waals surface area (Å²) < 4.78 is 0. The van der Waals surface area contributed by atoms with Gasteiger partial charge in [0.1, 0.15) is 0 Å². The molecule has 0 heterocycles. The van der Waals surface area contributed by atoms with Crippen LogP contribution in [0.4, 0.5) is 0 Å². The second kappa shape index (κ2) is 6.76. The van der Waals surface area contributed by atoms with Gasteiger partial charge in [0, 0.05) is 11.1 Å². The lowest BCUT2D eigenvalue weighted by molar-refractivity contribution is 0.103. The van der Waals surface area contributed by atoms with Crippen LogP contribution in [0.25, 0.3) is 0 Å². The fraction of sp³-hybridized carbons (Fsp3) is 0.105. The third-order valence-electron chi connectivity index (χ3n) is 3.44. The van der Waals surface area contributed by atoms with Crippen molar-refractivity contribution in [3.8, 4) is 11.5 Å². The number of aromatic hydroxyl groups is 2. The molecule has 0 bridgehead atoms. The number of hydrogen-bond acceptors (Lipinski definition) is 3. The van der Waals surface area contributed by atoms with Crippen LogP contribution in [0.3, 0.4) is 0 Å². The molecule has 3 heteroatoms. The summed E-state index contributed by atoms with van der Waals surface area (Å²) in [5.41, 5.74) is 2.13. The number of carbonyl (C=O) groups excluding carboxylic acids is 1. The molecule has 0 fully saturated rings. The Labute approximate surface area is 129 Å². The van der Waals surface area contributed by atoms with Crippen LogP contribution in [0, 0.1) is 0 Å². The lowest BCUT2D eigenvalue weighted by Gasteiger charge is -2.09. The van der Waals surface area contributed by atoms with Crippen molar-refractivity contribution in [2.24, 2.45) is 0 Å². The smallest absolute Gasteiger partial charge is 0.196 e. The van der Waals surface area contributed by atoms with E-state index < -0.39 is 0 Å². The van der Waals surface area contributed by atoms with Crippen LogP contribution in [-0.4, -0.2) is 16.0 Å². The number of ketones is 1. The predicted molar refractivity (Wildman–Crippen MR) is 87.4 cm³/mol. The van der Waals surface area contributed by atoms with E-state index >= 15 is 0 Å². The van der Waals surface area contributed by atoms with E-state index in [0.29, 0.717) is 17.5 Å². The van der Waals surface area contributed by atoms with Gasteiger partial charge in [0.15, 0.2) is 17.3 Å². The Morgan fingerprint density at radius 1 is 0.909 bits per heavy atom. The van der Waals surface area contributed by atoms with Crippen molar-refractivity contribution in [1.82, 2.24) is 0 Å². The van der Waals surface area contributed by atoms with Crippen molar-refractivity contribution >= 4 is 5.78 Å². The standard InChI is InChI=1S/C19H18O3/c1-3-5-13-7-9-15(10-8-13)17(20)16-12-11-14(6-4-2)18(21)19(16)22/h3-4,7-12,21-22H,1-2,5-6H2. The SMILES string of the molecule is C=CCc1ccc(C(=O)c2ccc(CC=C)c(O)c2O)cc1. The Kier molecular flexibility index (Phi) is 4.79. The minimum absolute atomic E-state index is 0.0850. The van der Waals surface area contributed by atoms with Crippen LogP contribution >= 0.6 is 0 Å². The van der Waals surface area contributed by atoms with E-state index in [1.807, 2.05) is 12.1 Å². The Balaban J connectivity index is 2.34.